The molecule has 152 valence electrons. The minimum absolute atomic E-state index is 0.262. The molecule has 9 heteroatoms. The molecule has 0 radical (unpaired) electrons. The van der Waals surface area contributed by atoms with E-state index in [1.807, 2.05) is 0 Å². The first-order valence-electron chi connectivity index (χ1n) is 9.21. The monoisotopic (exact) mass is 406 g/mol. The van der Waals surface area contributed by atoms with Crippen molar-refractivity contribution in [1.82, 2.24) is 19.2 Å². The van der Waals surface area contributed by atoms with E-state index in [1.54, 1.807) is 50.4 Å². The first kappa shape index (κ1) is 19.3. The molecule has 0 aliphatic heterocycles. The zero-order valence-corrected chi connectivity index (χ0v) is 16.6. The number of carbonyl (C=O) groups is 2. The third-order valence-corrected chi connectivity index (χ3v) is 4.73. The van der Waals surface area contributed by atoms with Gasteiger partial charge in [-0.25, -0.2) is 19.1 Å². The van der Waals surface area contributed by atoms with Crippen LogP contribution in [-0.4, -0.2) is 44.8 Å². The summed E-state index contributed by atoms with van der Waals surface area (Å²) in [6.45, 7) is 3.71. The maximum atomic E-state index is 13.1. The van der Waals surface area contributed by atoms with Crippen LogP contribution in [0, 0.1) is 6.92 Å². The van der Waals surface area contributed by atoms with Gasteiger partial charge < -0.3 is 9.47 Å². The molecule has 30 heavy (non-hydrogen) atoms. The number of esters is 2. The molecular weight excluding hydrogens is 388 g/mol. The summed E-state index contributed by atoms with van der Waals surface area (Å²) >= 11 is 0. The predicted molar refractivity (Wildman–Crippen MR) is 108 cm³/mol. The van der Waals surface area contributed by atoms with Gasteiger partial charge in [0.15, 0.2) is 5.65 Å². The van der Waals surface area contributed by atoms with Crippen molar-refractivity contribution >= 4 is 28.5 Å². The van der Waals surface area contributed by atoms with Crippen molar-refractivity contribution in [1.29, 1.82) is 0 Å². The lowest BCUT2D eigenvalue weighted by molar-refractivity contribution is 0.0525. The number of fused-ring (bicyclic) bond motifs is 3. The van der Waals surface area contributed by atoms with Crippen LogP contribution in [0.1, 0.15) is 33.3 Å². The van der Waals surface area contributed by atoms with Crippen LogP contribution in [0.5, 0.6) is 0 Å². The quantitative estimate of drug-likeness (QED) is 0.479. The molecule has 1 aromatic carbocycles. The van der Waals surface area contributed by atoms with Crippen LogP contribution in [0.3, 0.4) is 0 Å². The highest BCUT2D eigenvalue weighted by Gasteiger charge is 2.21. The number of nitrogens with zero attached hydrogens (tertiary/aromatic N) is 4. The minimum atomic E-state index is -0.538. The molecule has 3 heterocycles. The first-order chi connectivity index (χ1) is 14.5. The van der Waals surface area contributed by atoms with Crippen LogP contribution in [0.2, 0.25) is 0 Å². The summed E-state index contributed by atoms with van der Waals surface area (Å²) in [6.07, 6.45) is 3.03. The number of methoxy groups -OCH3 is 1. The Bertz CT molecular complexity index is 1350. The van der Waals surface area contributed by atoms with E-state index in [-0.39, 0.29) is 17.7 Å². The van der Waals surface area contributed by atoms with Crippen molar-refractivity contribution in [2.24, 2.45) is 0 Å². The second kappa shape index (κ2) is 7.43. The van der Waals surface area contributed by atoms with Crippen molar-refractivity contribution < 1.29 is 19.1 Å². The highest BCUT2D eigenvalue weighted by atomic mass is 16.5. The molecule has 0 aliphatic carbocycles. The van der Waals surface area contributed by atoms with E-state index in [0.29, 0.717) is 33.5 Å². The van der Waals surface area contributed by atoms with Gasteiger partial charge in [0.1, 0.15) is 5.56 Å². The molecule has 0 saturated carbocycles. The predicted octanol–water partition coefficient (Wildman–Crippen LogP) is 2.31. The molecule has 4 rings (SSSR count). The minimum Gasteiger partial charge on any atom is -0.465 e. The third-order valence-electron chi connectivity index (χ3n) is 4.73. The zero-order valence-electron chi connectivity index (χ0n) is 16.6. The molecular formula is C21H18N4O5. The molecule has 0 fully saturated rings. The van der Waals surface area contributed by atoms with Crippen LogP contribution >= 0.6 is 0 Å². The van der Waals surface area contributed by atoms with Gasteiger partial charge in [0, 0.05) is 18.1 Å². The lowest BCUT2D eigenvalue weighted by Gasteiger charge is -2.09. The van der Waals surface area contributed by atoms with Crippen molar-refractivity contribution in [2.45, 2.75) is 13.8 Å². The molecule has 0 amide bonds. The molecule has 0 spiro atoms. The Morgan fingerprint density at radius 1 is 1.10 bits per heavy atom. The van der Waals surface area contributed by atoms with Gasteiger partial charge in [-0.1, -0.05) is 0 Å². The highest BCUT2D eigenvalue weighted by Crippen LogP contribution is 2.19. The zero-order chi connectivity index (χ0) is 21.4. The fraction of sp³-hybridized carbons (Fsp3) is 0.190. The van der Waals surface area contributed by atoms with E-state index in [9.17, 15) is 14.4 Å². The first-order valence-corrected chi connectivity index (χ1v) is 9.21. The maximum absolute atomic E-state index is 13.1. The fourth-order valence-corrected chi connectivity index (χ4v) is 3.29. The van der Waals surface area contributed by atoms with Gasteiger partial charge in [0.05, 0.1) is 35.9 Å². The topological polar surface area (TPSA) is 105 Å². The molecule has 0 atom stereocenters. The van der Waals surface area contributed by atoms with Crippen molar-refractivity contribution in [3.05, 3.63) is 69.9 Å². The number of rotatable bonds is 4. The fourth-order valence-electron chi connectivity index (χ4n) is 3.29. The van der Waals surface area contributed by atoms with Gasteiger partial charge in [0.25, 0.3) is 5.56 Å². The van der Waals surface area contributed by atoms with E-state index in [2.05, 4.69) is 10.1 Å². The number of benzene rings is 1. The number of pyridine rings is 1. The van der Waals surface area contributed by atoms with Gasteiger partial charge in [-0.05, 0) is 44.2 Å². The van der Waals surface area contributed by atoms with E-state index >= 15 is 0 Å². The molecule has 4 aromatic rings. The largest absolute Gasteiger partial charge is 0.465 e. The van der Waals surface area contributed by atoms with Crippen LogP contribution in [0.25, 0.3) is 22.2 Å². The van der Waals surface area contributed by atoms with Gasteiger partial charge >= 0.3 is 11.9 Å². The molecule has 9 nitrogen and oxygen atoms in total. The van der Waals surface area contributed by atoms with Crippen molar-refractivity contribution in [3.8, 4) is 5.69 Å². The number of ether oxygens (including phenoxy) is 2. The van der Waals surface area contributed by atoms with Gasteiger partial charge in [-0.2, -0.15) is 5.10 Å². The Morgan fingerprint density at radius 2 is 1.83 bits per heavy atom. The summed E-state index contributed by atoms with van der Waals surface area (Å²) in [4.78, 5) is 41.2. The molecule has 0 bridgehead atoms. The van der Waals surface area contributed by atoms with Gasteiger partial charge in [-0.15, -0.1) is 0 Å². The summed E-state index contributed by atoms with van der Waals surface area (Å²) in [6, 6.07) is 8.26. The molecule has 3 aromatic heterocycles. The summed E-state index contributed by atoms with van der Waals surface area (Å²) in [5.41, 5.74) is 2.24. The number of hydrogen-bond donors (Lipinski definition) is 0. The van der Waals surface area contributed by atoms with E-state index in [4.69, 9.17) is 9.47 Å². The average molecular weight is 406 g/mol. The summed E-state index contributed by atoms with van der Waals surface area (Å²) in [5.74, 6) is -0.957. The van der Waals surface area contributed by atoms with Gasteiger partial charge in [-0.3, -0.25) is 9.36 Å². The number of hydrogen-bond acceptors (Lipinski definition) is 7. The number of aromatic nitrogens is 4. The standard InChI is InChI=1S/C21H18N4O5/c1-4-30-20(27)13-5-7-14(8-6-13)24-10-9-16-15(19(24)26)11-22-18-17(21(28)29-3)12(2)23-25(16)18/h5-11H,4H2,1-3H3. The van der Waals surface area contributed by atoms with Crippen LogP contribution < -0.4 is 5.56 Å². The average Bonchev–Trinajstić information content (AvgIpc) is 3.10. The van der Waals surface area contributed by atoms with E-state index in [1.165, 1.54) is 22.4 Å². The summed E-state index contributed by atoms with van der Waals surface area (Å²) < 4.78 is 12.7. The summed E-state index contributed by atoms with van der Waals surface area (Å²) in [7, 11) is 1.29. The smallest absolute Gasteiger partial charge is 0.343 e. The van der Waals surface area contributed by atoms with E-state index in [0.717, 1.165) is 0 Å². The Labute approximate surface area is 170 Å². The Balaban J connectivity index is 1.84. The lowest BCUT2D eigenvalue weighted by Crippen LogP contribution is -2.19. The van der Waals surface area contributed by atoms with E-state index < -0.39 is 11.9 Å². The van der Waals surface area contributed by atoms with Crippen molar-refractivity contribution in [3.63, 3.8) is 0 Å². The Hall–Kier alpha value is -4.01. The SMILES string of the molecule is CCOC(=O)c1ccc(-n2ccc3c(cnc4c(C(=O)OC)c(C)nn43)c2=O)cc1. The second-order valence-electron chi connectivity index (χ2n) is 6.50. The number of carbonyl (C=O) groups excluding carboxylic acids is 2. The normalized spacial score (nSPS) is 11.0. The van der Waals surface area contributed by atoms with Gasteiger partial charge in [0.2, 0.25) is 0 Å². The number of aryl methyl sites for hydroxylation is 1. The molecule has 0 saturated heterocycles. The van der Waals surface area contributed by atoms with Crippen LogP contribution in [0.15, 0.2) is 47.5 Å². The maximum Gasteiger partial charge on any atom is 0.343 e. The highest BCUT2D eigenvalue weighted by molar-refractivity contribution is 5.98. The Kier molecular flexibility index (Phi) is 4.78. The molecule has 0 N–H and O–H groups in total. The lowest BCUT2D eigenvalue weighted by atomic mass is 10.2. The molecule has 0 unspecified atom stereocenters. The van der Waals surface area contributed by atoms with Crippen LogP contribution in [-0.2, 0) is 9.47 Å². The van der Waals surface area contributed by atoms with Crippen LogP contribution in [0.4, 0.5) is 0 Å². The Morgan fingerprint density at radius 3 is 2.50 bits per heavy atom. The molecule has 0 aliphatic rings. The third kappa shape index (κ3) is 3.00. The summed E-state index contributed by atoms with van der Waals surface area (Å²) in [5, 5.41) is 4.69. The van der Waals surface area contributed by atoms with Crippen molar-refractivity contribution in [2.75, 3.05) is 13.7 Å². The second-order valence-corrected chi connectivity index (χ2v) is 6.50.